The fourth-order valence-corrected chi connectivity index (χ4v) is 1.74. The van der Waals surface area contributed by atoms with Crippen LogP contribution in [-0.4, -0.2) is 27.1 Å². The molecular weight excluding hydrogens is 216 g/mol. The number of rotatable bonds is 3. The summed E-state index contributed by atoms with van der Waals surface area (Å²) in [5.74, 6) is -1.04. The van der Waals surface area contributed by atoms with Gasteiger partial charge in [-0.2, -0.15) is 4.98 Å². The minimum absolute atomic E-state index is 0.0971. The number of hydrogen-bond acceptors (Lipinski definition) is 5. The average molecular weight is 224 g/mol. The molecule has 15 heavy (non-hydrogen) atoms. The fraction of sp³-hybridized carbons (Fsp3) is 0.222. The average Bonchev–Trinajstić information content (AvgIpc) is 2.64. The van der Waals surface area contributed by atoms with Gasteiger partial charge in [-0.15, -0.1) is 11.3 Å². The number of carboxylic acid groups (broad SMARTS) is 1. The van der Waals surface area contributed by atoms with Crippen molar-refractivity contribution in [2.45, 2.75) is 13.0 Å². The molecule has 0 aliphatic rings. The number of aromatic nitrogens is 2. The highest BCUT2D eigenvalue weighted by molar-refractivity contribution is 7.16. The van der Waals surface area contributed by atoms with Gasteiger partial charge in [0.15, 0.2) is 6.10 Å². The van der Waals surface area contributed by atoms with E-state index in [1.165, 1.54) is 18.3 Å². The third-order valence-corrected chi connectivity index (χ3v) is 2.64. The van der Waals surface area contributed by atoms with E-state index in [1.807, 2.05) is 11.4 Å². The van der Waals surface area contributed by atoms with Crippen LogP contribution in [0.4, 0.5) is 0 Å². The van der Waals surface area contributed by atoms with Crippen molar-refractivity contribution < 1.29 is 14.6 Å². The molecule has 0 spiro atoms. The molecular formula is C9H8N2O3S. The number of carbonyl (C=O) groups is 1. The third kappa shape index (κ3) is 2.04. The largest absolute Gasteiger partial charge is 0.479 e. The fourth-order valence-electron chi connectivity index (χ4n) is 1.01. The first-order valence-electron chi connectivity index (χ1n) is 4.26. The summed E-state index contributed by atoms with van der Waals surface area (Å²) in [6.07, 6.45) is 0.672. The number of carboxylic acids is 1. The Hall–Kier alpha value is -1.69. The van der Waals surface area contributed by atoms with Crippen molar-refractivity contribution in [3.63, 3.8) is 0 Å². The Bertz CT molecular complexity index is 497. The molecule has 0 fully saturated rings. The van der Waals surface area contributed by atoms with Crippen molar-refractivity contribution in [2.75, 3.05) is 0 Å². The van der Waals surface area contributed by atoms with Crippen molar-refractivity contribution in [1.82, 2.24) is 9.97 Å². The summed E-state index contributed by atoms with van der Waals surface area (Å²) >= 11 is 1.46. The zero-order valence-corrected chi connectivity index (χ0v) is 8.69. The lowest BCUT2D eigenvalue weighted by molar-refractivity contribution is -0.144. The molecule has 1 atom stereocenters. The van der Waals surface area contributed by atoms with E-state index in [9.17, 15) is 4.79 Å². The number of nitrogens with zero attached hydrogens (tertiary/aromatic N) is 2. The van der Waals surface area contributed by atoms with Gasteiger partial charge in [0.1, 0.15) is 4.83 Å². The molecule has 6 heteroatoms. The molecule has 78 valence electrons. The molecule has 0 saturated heterocycles. The Labute approximate surface area is 89.4 Å². The Kier molecular flexibility index (Phi) is 2.51. The Morgan fingerprint density at radius 2 is 2.47 bits per heavy atom. The molecule has 0 bridgehead atoms. The maximum Gasteiger partial charge on any atom is 0.344 e. The van der Waals surface area contributed by atoms with Gasteiger partial charge in [-0.05, 0) is 18.4 Å². The van der Waals surface area contributed by atoms with E-state index in [4.69, 9.17) is 9.84 Å². The SMILES string of the molecule is CC(Oc1ncc2ccsc2n1)C(=O)O. The van der Waals surface area contributed by atoms with Crippen LogP contribution in [0.15, 0.2) is 17.6 Å². The number of fused-ring (bicyclic) bond motifs is 1. The zero-order valence-electron chi connectivity index (χ0n) is 7.88. The van der Waals surface area contributed by atoms with E-state index in [2.05, 4.69) is 9.97 Å². The molecule has 0 aromatic carbocycles. The van der Waals surface area contributed by atoms with Gasteiger partial charge in [0.25, 0.3) is 0 Å². The summed E-state index contributed by atoms with van der Waals surface area (Å²) in [7, 11) is 0. The smallest absolute Gasteiger partial charge is 0.344 e. The first kappa shape index (κ1) is 9.85. The van der Waals surface area contributed by atoms with Crippen LogP contribution in [0, 0.1) is 0 Å². The molecule has 0 saturated carbocycles. The van der Waals surface area contributed by atoms with Gasteiger partial charge in [0, 0.05) is 11.6 Å². The first-order chi connectivity index (χ1) is 7.16. The van der Waals surface area contributed by atoms with Crippen LogP contribution in [0.3, 0.4) is 0 Å². The predicted molar refractivity (Wildman–Crippen MR) is 55.1 cm³/mol. The molecule has 0 aliphatic carbocycles. The van der Waals surface area contributed by atoms with Crippen LogP contribution in [0.5, 0.6) is 6.01 Å². The van der Waals surface area contributed by atoms with Gasteiger partial charge in [-0.1, -0.05) is 0 Å². The van der Waals surface area contributed by atoms with E-state index in [-0.39, 0.29) is 6.01 Å². The van der Waals surface area contributed by atoms with E-state index >= 15 is 0 Å². The predicted octanol–water partition coefficient (Wildman–Crippen LogP) is 1.54. The molecule has 2 heterocycles. The quantitative estimate of drug-likeness (QED) is 0.856. The Morgan fingerprint density at radius 1 is 1.67 bits per heavy atom. The van der Waals surface area contributed by atoms with Gasteiger partial charge < -0.3 is 9.84 Å². The summed E-state index contributed by atoms with van der Waals surface area (Å²) in [5.41, 5.74) is 0. The van der Waals surface area contributed by atoms with Gasteiger partial charge in [0.05, 0.1) is 0 Å². The number of thiophene rings is 1. The minimum Gasteiger partial charge on any atom is -0.479 e. The zero-order chi connectivity index (χ0) is 10.8. The highest BCUT2D eigenvalue weighted by Gasteiger charge is 2.14. The number of hydrogen-bond donors (Lipinski definition) is 1. The highest BCUT2D eigenvalue weighted by atomic mass is 32.1. The maximum absolute atomic E-state index is 10.5. The molecule has 2 aromatic heterocycles. The molecule has 0 radical (unpaired) electrons. The second-order valence-corrected chi connectivity index (χ2v) is 3.83. The lowest BCUT2D eigenvalue weighted by Gasteiger charge is -2.07. The summed E-state index contributed by atoms with van der Waals surface area (Å²) < 4.78 is 5.04. The number of aliphatic carboxylic acids is 1. The first-order valence-corrected chi connectivity index (χ1v) is 5.14. The van der Waals surface area contributed by atoms with Crippen LogP contribution >= 0.6 is 11.3 Å². The van der Waals surface area contributed by atoms with Crippen molar-refractivity contribution >= 4 is 27.5 Å². The summed E-state index contributed by atoms with van der Waals surface area (Å²) in [4.78, 5) is 19.3. The highest BCUT2D eigenvalue weighted by Crippen LogP contribution is 2.19. The van der Waals surface area contributed by atoms with Gasteiger partial charge in [-0.25, -0.2) is 9.78 Å². The van der Waals surface area contributed by atoms with E-state index in [0.717, 1.165) is 10.2 Å². The van der Waals surface area contributed by atoms with Crippen molar-refractivity contribution in [3.8, 4) is 6.01 Å². The second-order valence-electron chi connectivity index (χ2n) is 2.93. The van der Waals surface area contributed by atoms with Crippen LogP contribution in [0.1, 0.15) is 6.92 Å². The van der Waals surface area contributed by atoms with Crippen molar-refractivity contribution in [2.24, 2.45) is 0 Å². The third-order valence-electron chi connectivity index (χ3n) is 1.82. The second kappa shape index (κ2) is 3.82. The summed E-state index contributed by atoms with van der Waals surface area (Å²) in [6.45, 7) is 1.43. The van der Waals surface area contributed by atoms with Crippen LogP contribution in [-0.2, 0) is 4.79 Å². The topological polar surface area (TPSA) is 72.3 Å². The number of ether oxygens (including phenoxy) is 1. The molecule has 5 nitrogen and oxygen atoms in total. The van der Waals surface area contributed by atoms with Crippen LogP contribution in [0.25, 0.3) is 10.2 Å². The van der Waals surface area contributed by atoms with E-state index in [1.54, 1.807) is 6.20 Å². The molecule has 0 amide bonds. The van der Waals surface area contributed by atoms with Gasteiger partial charge >= 0.3 is 12.0 Å². The maximum atomic E-state index is 10.5. The summed E-state index contributed by atoms with van der Waals surface area (Å²) in [5, 5.41) is 11.5. The van der Waals surface area contributed by atoms with Crippen LogP contribution in [0.2, 0.25) is 0 Å². The standard InChI is InChI=1S/C9H8N2O3S/c1-5(8(12)13)14-9-10-4-6-2-3-15-7(6)11-9/h2-5H,1H3,(H,12,13). The summed E-state index contributed by atoms with van der Waals surface area (Å²) in [6, 6.07) is 1.99. The Morgan fingerprint density at radius 3 is 3.20 bits per heavy atom. The van der Waals surface area contributed by atoms with Crippen molar-refractivity contribution in [1.29, 1.82) is 0 Å². The molecule has 2 rings (SSSR count). The lowest BCUT2D eigenvalue weighted by atomic mass is 10.4. The molecule has 1 unspecified atom stereocenters. The van der Waals surface area contributed by atoms with E-state index in [0.29, 0.717) is 0 Å². The van der Waals surface area contributed by atoms with Gasteiger partial charge in [0.2, 0.25) is 0 Å². The van der Waals surface area contributed by atoms with Crippen LogP contribution < -0.4 is 4.74 Å². The normalized spacial score (nSPS) is 12.6. The van der Waals surface area contributed by atoms with E-state index < -0.39 is 12.1 Å². The lowest BCUT2D eigenvalue weighted by Crippen LogP contribution is -2.23. The monoisotopic (exact) mass is 224 g/mol. The molecule has 1 N–H and O–H groups in total. The van der Waals surface area contributed by atoms with Crippen molar-refractivity contribution in [3.05, 3.63) is 17.6 Å². The minimum atomic E-state index is -1.04. The molecule has 2 aromatic rings. The molecule has 0 aliphatic heterocycles. The van der Waals surface area contributed by atoms with Gasteiger partial charge in [-0.3, -0.25) is 0 Å². The Balaban J connectivity index is 2.24.